The van der Waals surface area contributed by atoms with Crippen LogP contribution in [0.1, 0.15) is 5.69 Å². The summed E-state index contributed by atoms with van der Waals surface area (Å²) < 4.78 is 1.45. The van der Waals surface area contributed by atoms with Crippen LogP contribution in [-0.2, 0) is 13.6 Å². The maximum absolute atomic E-state index is 11.0. The fraction of sp³-hybridized carbons (Fsp3) is 0.286. The maximum atomic E-state index is 11.0. The number of nitrogens with two attached hydrogens (primary N) is 1. The van der Waals surface area contributed by atoms with E-state index in [0.717, 1.165) is 0 Å². The van der Waals surface area contributed by atoms with Gasteiger partial charge in [-0.2, -0.15) is 0 Å². The largest absolute Gasteiger partial charge is 0.325 e. The molecule has 0 spiro atoms. The normalized spacial score (nSPS) is 10.1. The van der Waals surface area contributed by atoms with Gasteiger partial charge in [0.2, 0.25) is 0 Å². The van der Waals surface area contributed by atoms with Crippen molar-refractivity contribution in [2.24, 2.45) is 12.8 Å². The molecule has 0 saturated heterocycles. The number of hydrogen-bond donors (Lipinski definition) is 1. The zero-order chi connectivity index (χ0) is 8.43. The van der Waals surface area contributed by atoms with Crippen LogP contribution in [0.3, 0.4) is 0 Å². The van der Waals surface area contributed by atoms with E-state index in [9.17, 15) is 4.79 Å². The topological polar surface area (TPSA) is 48.0 Å². The minimum Gasteiger partial charge on any atom is -0.325 e. The molecule has 3 nitrogen and oxygen atoms in total. The molecule has 0 aliphatic heterocycles. The summed E-state index contributed by atoms with van der Waals surface area (Å²) >= 11 is 5.76. The van der Waals surface area contributed by atoms with Gasteiger partial charge in [-0.05, 0) is 6.07 Å². The summed E-state index contributed by atoms with van der Waals surface area (Å²) in [5, 5.41) is 0.537. The summed E-state index contributed by atoms with van der Waals surface area (Å²) in [6.45, 7) is 0.283. The molecule has 0 amide bonds. The summed E-state index contributed by atoms with van der Waals surface area (Å²) in [5.41, 5.74) is 5.95. The average molecular weight is 173 g/mol. The minimum absolute atomic E-state index is 0.0881. The Hall–Kier alpha value is -0.800. The number of hydrogen-bond acceptors (Lipinski definition) is 2. The molecule has 0 fully saturated rings. The van der Waals surface area contributed by atoms with Gasteiger partial charge in [0.1, 0.15) is 0 Å². The van der Waals surface area contributed by atoms with Gasteiger partial charge in [-0.25, -0.2) is 0 Å². The van der Waals surface area contributed by atoms with Crippen LogP contribution < -0.4 is 11.3 Å². The first-order valence-electron chi connectivity index (χ1n) is 3.21. The Balaban J connectivity index is 3.41. The Morgan fingerprint density at radius 3 is 2.73 bits per heavy atom. The molecule has 1 aromatic rings. The molecule has 0 atom stereocenters. The first-order chi connectivity index (χ1) is 5.16. The minimum atomic E-state index is -0.0881. The van der Waals surface area contributed by atoms with Crippen LogP contribution in [0.4, 0.5) is 0 Å². The van der Waals surface area contributed by atoms with Gasteiger partial charge < -0.3 is 10.3 Å². The highest BCUT2D eigenvalue weighted by atomic mass is 35.5. The van der Waals surface area contributed by atoms with E-state index in [1.165, 1.54) is 10.6 Å². The third-order valence-electron chi connectivity index (χ3n) is 1.58. The molecule has 0 bridgehead atoms. The number of aromatic nitrogens is 1. The van der Waals surface area contributed by atoms with Crippen LogP contribution in [-0.4, -0.2) is 4.57 Å². The van der Waals surface area contributed by atoms with E-state index >= 15 is 0 Å². The molecule has 1 heterocycles. The Labute approximate surface area is 69.4 Å². The summed E-state index contributed by atoms with van der Waals surface area (Å²) in [4.78, 5) is 11.0. The molecular formula is C7H9ClN2O. The molecule has 0 unspecified atom stereocenters. The summed E-state index contributed by atoms with van der Waals surface area (Å²) in [6.07, 6.45) is 0. The molecule has 0 radical (unpaired) electrons. The highest BCUT2D eigenvalue weighted by Gasteiger charge is 2.01. The maximum Gasteiger partial charge on any atom is 0.250 e. The first-order valence-corrected chi connectivity index (χ1v) is 3.59. The summed E-state index contributed by atoms with van der Waals surface area (Å²) in [5.74, 6) is 0. The lowest BCUT2D eigenvalue weighted by Crippen LogP contribution is -2.21. The molecule has 0 aromatic carbocycles. The van der Waals surface area contributed by atoms with Crippen molar-refractivity contribution in [2.45, 2.75) is 6.54 Å². The lowest BCUT2D eigenvalue weighted by atomic mass is 10.3. The van der Waals surface area contributed by atoms with E-state index in [-0.39, 0.29) is 12.1 Å². The molecule has 1 aromatic heterocycles. The lowest BCUT2D eigenvalue weighted by Gasteiger charge is -2.05. The predicted molar refractivity (Wildman–Crippen MR) is 44.6 cm³/mol. The van der Waals surface area contributed by atoms with Crippen molar-refractivity contribution in [1.82, 2.24) is 4.57 Å². The Morgan fingerprint density at radius 2 is 2.27 bits per heavy atom. The fourth-order valence-corrected chi connectivity index (χ4v) is 1.15. The monoisotopic (exact) mass is 172 g/mol. The van der Waals surface area contributed by atoms with Crippen molar-refractivity contribution in [3.8, 4) is 0 Å². The van der Waals surface area contributed by atoms with Gasteiger partial charge in [0, 0.05) is 19.7 Å². The van der Waals surface area contributed by atoms with E-state index in [1.807, 2.05) is 0 Å². The predicted octanol–water partition coefficient (Wildman–Crippen LogP) is 0.497. The second kappa shape index (κ2) is 3.07. The van der Waals surface area contributed by atoms with E-state index in [2.05, 4.69) is 0 Å². The number of pyridine rings is 1. The number of nitrogens with zero attached hydrogens (tertiary/aromatic N) is 1. The molecule has 4 heteroatoms. The van der Waals surface area contributed by atoms with Crippen LogP contribution in [0.2, 0.25) is 5.02 Å². The van der Waals surface area contributed by atoms with E-state index in [0.29, 0.717) is 10.7 Å². The van der Waals surface area contributed by atoms with Crippen LogP contribution in [0.5, 0.6) is 0 Å². The fourth-order valence-electron chi connectivity index (χ4n) is 0.880. The molecule has 0 aliphatic carbocycles. The third-order valence-corrected chi connectivity index (χ3v) is 1.92. The molecular weight excluding hydrogens is 164 g/mol. The Bertz CT molecular complexity index is 319. The summed E-state index contributed by atoms with van der Waals surface area (Å²) in [7, 11) is 1.65. The van der Waals surface area contributed by atoms with Gasteiger partial charge in [-0.3, -0.25) is 4.79 Å². The highest BCUT2D eigenvalue weighted by molar-refractivity contribution is 6.31. The average Bonchev–Trinajstić information content (AvgIpc) is 1.99. The smallest absolute Gasteiger partial charge is 0.250 e. The first kappa shape index (κ1) is 8.30. The number of halogens is 1. The van der Waals surface area contributed by atoms with Crippen molar-refractivity contribution in [3.63, 3.8) is 0 Å². The molecule has 2 N–H and O–H groups in total. The van der Waals surface area contributed by atoms with Crippen molar-refractivity contribution >= 4 is 11.6 Å². The quantitative estimate of drug-likeness (QED) is 0.671. The highest BCUT2D eigenvalue weighted by Crippen LogP contribution is 2.10. The molecule has 11 heavy (non-hydrogen) atoms. The van der Waals surface area contributed by atoms with Gasteiger partial charge in [-0.15, -0.1) is 0 Å². The van der Waals surface area contributed by atoms with E-state index in [4.69, 9.17) is 17.3 Å². The van der Waals surface area contributed by atoms with Gasteiger partial charge in [-0.1, -0.05) is 11.6 Å². The second-order valence-electron chi connectivity index (χ2n) is 2.23. The second-order valence-corrected chi connectivity index (χ2v) is 2.64. The van der Waals surface area contributed by atoms with Crippen molar-refractivity contribution in [3.05, 3.63) is 33.2 Å². The van der Waals surface area contributed by atoms with Crippen molar-refractivity contribution < 1.29 is 0 Å². The van der Waals surface area contributed by atoms with Gasteiger partial charge in [0.25, 0.3) is 5.56 Å². The van der Waals surface area contributed by atoms with Crippen LogP contribution in [0, 0.1) is 0 Å². The van der Waals surface area contributed by atoms with E-state index < -0.39 is 0 Å². The zero-order valence-electron chi connectivity index (χ0n) is 6.17. The van der Waals surface area contributed by atoms with Gasteiger partial charge in [0.15, 0.2) is 0 Å². The van der Waals surface area contributed by atoms with Crippen LogP contribution >= 0.6 is 11.6 Å². The molecule has 60 valence electrons. The van der Waals surface area contributed by atoms with E-state index in [1.54, 1.807) is 13.1 Å². The lowest BCUT2D eigenvalue weighted by molar-refractivity contribution is 0.773. The number of rotatable bonds is 1. The Kier molecular flexibility index (Phi) is 2.31. The van der Waals surface area contributed by atoms with Crippen molar-refractivity contribution in [2.75, 3.05) is 0 Å². The van der Waals surface area contributed by atoms with Gasteiger partial charge in [0.05, 0.1) is 10.7 Å². The summed E-state index contributed by atoms with van der Waals surface area (Å²) in [6, 6.07) is 2.98. The molecule has 0 aliphatic rings. The SMILES string of the molecule is Cn1c(CN)c(Cl)ccc1=O. The van der Waals surface area contributed by atoms with Crippen molar-refractivity contribution in [1.29, 1.82) is 0 Å². The molecule has 1 rings (SSSR count). The molecule has 0 saturated carbocycles. The third kappa shape index (κ3) is 1.44. The zero-order valence-corrected chi connectivity index (χ0v) is 6.93. The van der Waals surface area contributed by atoms with Crippen LogP contribution in [0.15, 0.2) is 16.9 Å². The van der Waals surface area contributed by atoms with Gasteiger partial charge >= 0.3 is 0 Å². The standard InChI is InChI=1S/C7H9ClN2O/c1-10-6(4-9)5(8)2-3-7(10)11/h2-3H,4,9H2,1H3. The van der Waals surface area contributed by atoms with Crippen LogP contribution in [0.25, 0.3) is 0 Å². The Morgan fingerprint density at radius 1 is 1.64 bits per heavy atom.